The first-order chi connectivity index (χ1) is 14.5. The molecule has 1 heterocycles. The number of halogens is 4. The van der Waals surface area contributed by atoms with Crippen molar-refractivity contribution in [2.75, 3.05) is 31.5 Å². The summed E-state index contributed by atoms with van der Waals surface area (Å²) in [4.78, 5) is 14.5. The molecule has 2 aromatic carbocycles. The molecule has 1 aliphatic rings. The highest BCUT2D eigenvalue weighted by Crippen LogP contribution is 2.36. The van der Waals surface area contributed by atoms with E-state index in [1.807, 2.05) is 0 Å². The van der Waals surface area contributed by atoms with E-state index >= 15 is 0 Å². The number of benzene rings is 2. The van der Waals surface area contributed by atoms with Gasteiger partial charge in [0.15, 0.2) is 0 Å². The first-order valence-corrected chi connectivity index (χ1v) is 11.3. The number of nitrogens with zero attached hydrogens (tertiary/aromatic N) is 2. The number of anilines is 1. The van der Waals surface area contributed by atoms with Crippen LogP contribution in [0, 0.1) is 0 Å². The Kier molecular flexibility index (Phi) is 6.95. The third kappa shape index (κ3) is 5.38. The Balaban J connectivity index is 1.65. The Labute approximate surface area is 183 Å². The average molecular weight is 476 g/mol. The minimum absolute atomic E-state index is 0.0888. The van der Waals surface area contributed by atoms with Crippen LogP contribution in [-0.4, -0.2) is 55.8 Å². The van der Waals surface area contributed by atoms with E-state index in [-0.39, 0.29) is 41.8 Å². The SMILES string of the molecule is CC(C(=O)Nc1ccc(Cl)cc1C(F)(F)F)N1CCN(S(=O)(=O)c2ccccc2)CC1. The van der Waals surface area contributed by atoms with E-state index in [1.165, 1.54) is 22.5 Å². The maximum absolute atomic E-state index is 13.2. The Morgan fingerprint density at radius 2 is 1.68 bits per heavy atom. The van der Waals surface area contributed by atoms with Crippen LogP contribution < -0.4 is 5.32 Å². The maximum atomic E-state index is 13.2. The number of amides is 1. The number of alkyl halides is 3. The lowest BCUT2D eigenvalue weighted by atomic mass is 10.1. The van der Waals surface area contributed by atoms with Gasteiger partial charge in [-0.2, -0.15) is 17.5 Å². The predicted octanol–water partition coefficient (Wildman–Crippen LogP) is 3.69. The molecule has 1 saturated heterocycles. The zero-order chi connectivity index (χ0) is 22.8. The van der Waals surface area contributed by atoms with Crippen molar-refractivity contribution in [1.29, 1.82) is 0 Å². The van der Waals surface area contributed by atoms with Crippen molar-refractivity contribution < 1.29 is 26.4 Å². The van der Waals surface area contributed by atoms with Crippen molar-refractivity contribution in [3.05, 3.63) is 59.1 Å². The number of sulfonamides is 1. The van der Waals surface area contributed by atoms with Crippen LogP contribution in [0.4, 0.5) is 18.9 Å². The number of hydrogen-bond donors (Lipinski definition) is 1. The average Bonchev–Trinajstić information content (AvgIpc) is 2.74. The molecule has 1 unspecified atom stereocenters. The number of hydrogen-bond acceptors (Lipinski definition) is 4. The lowest BCUT2D eigenvalue weighted by Crippen LogP contribution is -2.53. The number of carbonyl (C=O) groups is 1. The van der Waals surface area contributed by atoms with Gasteiger partial charge in [0.1, 0.15) is 0 Å². The molecule has 11 heteroatoms. The molecule has 3 rings (SSSR count). The van der Waals surface area contributed by atoms with E-state index in [2.05, 4.69) is 5.32 Å². The molecule has 1 amide bonds. The Morgan fingerprint density at radius 3 is 2.26 bits per heavy atom. The highest BCUT2D eigenvalue weighted by molar-refractivity contribution is 7.89. The number of carbonyl (C=O) groups excluding carboxylic acids is 1. The lowest BCUT2D eigenvalue weighted by molar-refractivity contribution is -0.137. The fraction of sp³-hybridized carbons (Fsp3) is 0.350. The topological polar surface area (TPSA) is 69.7 Å². The fourth-order valence-electron chi connectivity index (χ4n) is 3.34. The molecule has 31 heavy (non-hydrogen) atoms. The molecule has 0 saturated carbocycles. The summed E-state index contributed by atoms with van der Waals surface area (Å²) in [5.41, 5.74) is -1.40. The second-order valence-electron chi connectivity index (χ2n) is 7.11. The quantitative estimate of drug-likeness (QED) is 0.716. The van der Waals surface area contributed by atoms with E-state index in [1.54, 1.807) is 30.0 Å². The van der Waals surface area contributed by atoms with Gasteiger partial charge in [0, 0.05) is 31.2 Å². The smallest absolute Gasteiger partial charge is 0.324 e. The number of rotatable bonds is 5. The monoisotopic (exact) mass is 475 g/mol. The third-order valence-corrected chi connectivity index (χ3v) is 7.27. The van der Waals surface area contributed by atoms with Crippen molar-refractivity contribution in [1.82, 2.24) is 9.21 Å². The van der Waals surface area contributed by atoms with Crippen molar-refractivity contribution in [3.8, 4) is 0 Å². The normalized spacial score (nSPS) is 17.3. The van der Waals surface area contributed by atoms with E-state index < -0.39 is 33.7 Å². The first kappa shape index (κ1) is 23.5. The molecule has 1 atom stereocenters. The van der Waals surface area contributed by atoms with Crippen LogP contribution in [0.5, 0.6) is 0 Å². The van der Waals surface area contributed by atoms with Gasteiger partial charge >= 0.3 is 6.18 Å². The lowest BCUT2D eigenvalue weighted by Gasteiger charge is -2.36. The van der Waals surface area contributed by atoms with Crippen LogP contribution in [0.2, 0.25) is 5.02 Å². The molecule has 0 aromatic heterocycles. The molecule has 1 N–H and O–H groups in total. The Morgan fingerprint density at radius 1 is 1.06 bits per heavy atom. The molecule has 2 aromatic rings. The van der Waals surface area contributed by atoms with E-state index in [0.717, 1.165) is 12.1 Å². The van der Waals surface area contributed by atoms with Gasteiger partial charge in [-0.1, -0.05) is 29.8 Å². The zero-order valence-corrected chi connectivity index (χ0v) is 18.1. The van der Waals surface area contributed by atoms with Gasteiger partial charge in [-0.05, 0) is 37.3 Å². The van der Waals surface area contributed by atoms with E-state index in [9.17, 15) is 26.4 Å². The zero-order valence-electron chi connectivity index (χ0n) is 16.6. The summed E-state index contributed by atoms with van der Waals surface area (Å²) in [5, 5.41) is 2.23. The van der Waals surface area contributed by atoms with Gasteiger partial charge < -0.3 is 5.32 Å². The van der Waals surface area contributed by atoms with Gasteiger partial charge in [0.2, 0.25) is 15.9 Å². The second-order valence-corrected chi connectivity index (χ2v) is 9.48. The highest BCUT2D eigenvalue weighted by Gasteiger charge is 2.36. The van der Waals surface area contributed by atoms with Crippen molar-refractivity contribution in [2.45, 2.75) is 24.0 Å². The summed E-state index contributed by atoms with van der Waals surface area (Å²) in [6, 6.07) is 10.4. The fourth-order valence-corrected chi connectivity index (χ4v) is 4.95. The van der Waals surface area contributed by atoms with Crippen LogP contribution in [0.3, 0.4) is 0 Å². The van der Waals surface area contributed by atoms with Crippen molar-refractivity contribution >= 4 is 33.2 Å². The molecular weight excluding hydrogens is 455 g/mol. The van der Waals surface area contributed by atoms with Gasteiger partial charge in [0.05, 0.1) is 22.2 Å². The highest BCUT2D eigenvalue weighted by atomic mass is 35.5. The van der Waals surface area contributed by atoms with Crippen LogP contribution in [-0.2, 0) is 21.0 Å². The van der Waals surface area contributed by atoms with Crippen molar-refractivity contribution in [3.63, 3.8) is 0 Å². The molecule has 1 aliphatic heterocycles. The second kappa shape index (κ2) is 9.15. The minimum atomic E-state index is -4.67. The molecule has 0 bridgehead atoms. The molecule has 0 aliphatic carbocycles. The largest absolute Gasteiger partial charge is 0.418 e. The molecule has 1 fully saturated rings. The third-order valence-electron chi connectivity index (χ3n) is 5.13. The van der Waals surface area contributed by atoms with E-state index in [4.69, 9.17) is 11.6 Å². The van der Waals surface area contributed by atoms with Gasteiger partial charge in [-0.25, -0.2) is 8.42 Å². The van der Waals surface area contributed by atoms with Gasteiger partial charge in [-0.3, -0.25) is 9.69 Å². The van der Waals surface area contributed by atoms with Gasteiger partial charge in [0.25, 0.3) is 0 Å². The summed E-state index contributed by atoms with van der Waals surface area (Å²) in [7, 11) is -3.64. The van der Waals surface area contributed by atoms with Crippen LogP contribution in [0.25, 0.3) is 0 Å². The summed E-state index contributed by atoms with van der Waals surface area (Å²) in [6.45, 7) is 2.45. The molecule has 0 radical (unpaired) electrons. The standard InChI is InChI=1S/C20H21ClF3N3O3S/c1-14(19(28)25-18-8-7-15(21)13-17(18)20(22,23)24)26-9-11-27(12-10-26)31(29,30)16-5-3-2-4-6-16/h2-8,13-14H,9-12H2,1H3,(H,25,28). The summed E-state index contributed by atoms with van der Waals surface area (Å²) in [5.74, 6) is -0.618. The number of piperazine rings is 1. The molecule has 168 valence electrons. The van der Waals surface area contributed by atoms with Crippen molar-refractivity contribution in [2.24, 2.45) is 0 Å². The minimum Gasteiger partial charge on any atom is -0.324 e. The van der Waals surface area contributed by atoms with Gasteiger partial charge in [-0.15, -0.1) is 0 Å². The first-order valence-electron chi connectivity index (χ1n) is 9.47. The van der Waals surface area contributed by atoms with Crippen LogP contribution in [0.1, 0.15) is 12.5 Å². The van der Waals surface area contributed by atoms with E-state index in [0.29, 0.717) is 0 Å². The Bertz CT molecular complexity index is 1040. The molecular formula is C20H21ClF3N3O3S. The Hall–Kier alpha value is -2.14. The predicted molar refractivity (Wildman–Crippen MR) is 111 cm³/mol. The van der Waals surface area contributed by atoms with Crippen LogP contribution >= 0.6 is 11.6 Å². The number of nitrogens with one attached hydrogen (secondary N) is 1. The maximum Gasteiger partial charge on any atom is 0.418 e. The summed E-state index contributed by atoms with van der Waals surface area (Å²) >= 11 is 5.66. The summed E-state index contributed by atoms with van der Waals surface area (Å²) in [6.07, 6.45) is -4.67. The molecule has 6 nitrogen and oxygen atoms in total. The van der Waals surface area contributed by atoms with Crippen LogP contribution in [0.15, 0.2) is 53.4 Å². The molecule has 0 spiro atoms. The summed E-state index contributed by atoms with van der Waals surface area (Å²) < 4.78 is 66.5.